The van der Waals surface area contributed by atoms with Crippen LogP contribution in [-0.4, -0.2) is 225 Å². The highest BCUT2D eigenvalue weighted by molar-refractivity contribution is 7.98. The number of benzene rings is 4. The van der Waals surface area contributed by atoms with E-state index in [-0.39, 0.29) is 98.2 Å². The number of hydrogen-bond acceptors (Lipinski definition) is 21. The number of guanidine groups is 1. The van der Waals surface area contributed by atoms with E-state index in [4.69, 9.17) is 22.6 Å². The van der Waals surface area contributed by atoms with Crippen LogP contribution in [0.4, 0.5) is 0 Å². The number of aromatic nitrogens is 5. The van der Waals surface area contributed by atoms with E-state index in [9.17, 15) is 63.6 Å². The van der Waals surface area contributed by atoms with Gasteiger partial charge in [-0.25, -0.2) is 14.8 Å². The fourth-order valence-corrected chi connectivity index (χ4v) is 13.4. The van der Waals surface area contributed by atoms with Gasteiger partial charge in [0.15, 0.2) is 5.96 Å². The number of para-hydroxylation sites is 1. The maximum atomic E-state index is 15.2. The number of carboxylic acids is 2. The molecule has 3 aromatic heterocycles. The number of hydrogen-bond donors (Lipinski definition) is 23. The van der Waals surface area contributed by atoms with Gasteiger partial charge in [-0.15, -0.1) is 0 Å². The fraction of sp³-hybridized carbons (Fsp3) is 0.420. The van der Waals surface area contributed by atoms with Crippen LogP contribution >= 0.6 is 11.8 Å². The van der Waals surface area contributed by atoms with Crippen LogP contribution in [0.1, 0.15) is 106 Å². The number of nitrogens with zero attached hydrogens (tertiary/aromatic N) is 2. The first kappa shape index (κ1) is 94.7. The van der Waals surface area contributed by atoms with Crippen LogP contribution in [0.3, 0.4) is 0 Å². The SMILES string of the molecule is CSCC[C@H](N)C(=O)N[C@@H](CC(N)=O)C(=O)N[C@@H](CC(C)C)C(=O)N[C@@H](Cc1c[nH]cn1)C(=O)N[C@@H](CC(=O)O)C(=O)N[C@@H](Cc1ccc(O)cc1)C(=O)N[C@@H](Cc1c[nH]cn1)C(=O)N[C@@H](CCCNC(=N)N)C(=O)N[C@@H](CC(C)C)C(=O)N[C@@H](Cc1ccccc1)C(=O)N[C@@H](Cc1c[nH]c2ccccc12)C(=O)N[C@@H](Cc1ccc(O)cc1)C(=O)O. The number of aliphatic carboxylic acids is 2. The number of aromatic hydroxyl groups is 2. The molecule has 0 unspecified atom stereocenters. The van der Waals surface area contributed by atoms with Crippen molar-refractivity contribution < 1.29 is 87.5 Å². The van der Waals surface area contributed by atoms with Crippen molar-refractivity contribution >= 4 is 111 Å². The third kappa shape index (κ3) is 31.8. The summed E-state index contributed by atoms with van der Waals surface area (Å²) in [5.74, 6) is -16.0. The Morgan fingerprint density at radius 1 is 0.438 bits per heavy atom. The van der Waals surface area contributed by atoms with Crippen molar-refractivity contribution in [3.05, 3.63) is 168 Å². The highest BCUT2D eigenvalue weighted by Gasteiger charge is 2.39. The lowest BCUT2D eigenvalue weighted by molar-refractivity contribution is -0.142. The second-order valence-electron chi connectivity index (χ2n) is 29.9. The molecule has 7 aromatic rings. The molecule has 0 fully saturated rings. The van der Waals surface area contributed by atoms with Crippen molar-refractivity contribution in [1.29, 1.82) is 5.41 Å². The Morgan fingerprint density at radius 3 is 1.26 bits per heavy atom. The van der Waals surface area contributed by atoms with Gasteiger partial charge in [0.05, 0.1) is 42.9 Å². The molecule has 0 saturated heterocycles. The molecule has 12 atom stereocenters. The minimum absolute atomic E-state index is 0.0188. The zero-order valence-electron chi connectivity index (χ0n) is 67.4. The summed E-state index contributed by atoms with van der Waals surface area (Å²) >= 11 is 1.42. The monoisotopic (exact) mass is 1690 g/mol. The number of phenolic OH excluding ortho intramolecular Hbond substituents is 2. The number of H-pyrrole nitrogens is 3. The van der Waals surface area contributed by atoms with Gasteiger partial charge in [-0.1, -0.05) is 100 Å². The van der Waals surface area contributed by atoms with Crippen molar-refractivity contribution in [2.24, 2.45) is 29.0 Å². The number of amides is 12. The molecular weight excluding hydrogens is 1590 g/mol. The van der Waals surface area contributed by atoms with Crippen molar-refractivity contribution in [3.63, 3.8) is 0 Å². The third-order valence-electron chi connectivity index (χ3n) is 19.2. The summed E-state index contributed by atoms with van der Waals surface area (Å²) in [6.07, 6.45) is 4.85. The van der Waals surface area contributed by atoms with Gasteiger partial charge in [0.25, 0.3) is 0 Å². The number of rotatable bonds is 50. The number of imidazole rings is 2. The average molecular weight is 1690 g/mol. The fourth-order valence-electron chi connectivity index (χ4n) is 13.0. The van der Waals surface area contributed by atoms with Crippen LogP contribution in [-0.2, 0) is 106 Å². The summed E-state index contributed by atoms with van der Waals surface area (Å²) < 4.78 is 0. The van der Waals surface area contributed by atoms with Gasteiger partial charge in [0, 0.05) is 74.6 Å². The second-order valence-corrected chi connectivity index (χ2v) is 30.9. The van der Waals surface area contributed by atoms with Gasteiger partial charge in [-0.3, -0.25) is 67.7 Å². The lowest BCUT2D eigenvalue weighted by Crippen LogP contribution is -2.61. The summed E-state index contributed by atoms with van der Waals surface area (Å²) in [6.45, 7) is 6.89. The van der Waals surface area contributed by atoms with Crippen LogP contribution < -0.4 is 81.0 Å². The van der Waals surface area contributed by atoms with Crippen LogP contribution in [0.2, 0.25) is 0 Å². The lowest BCUT2D eigenvalue weighted by atomic mass is 9.99. The highest BCUT2D eigenvalue weighted by Crippen LogP contribution is 2.22. The second kappa shape index (κ2) is 47.3. The van der Waals surface area contributed by atoms with Crippen molar-refractivity contribution in [1.82, 2.24) is 88.7 Å². The molecule has 0 aliphatic rings. The van der Waals surface area contributed by atoms with E-state index in [1.807, 2.05) is 0 Å². The molecule has 4 aromatic carbocycles. The van der Waals surface area contributed by atoms with Crippen LogP contribution in [0.25, 0.3) is 10.9 Å². The number of nitrogens with one attached hydrogen (secondary N) is 16. The van der Waals surface area contributed by atoms with E-state index < -0.39 is 193 Å². The van der Waals surface area contributed by atoms with Crippen LogP contribution in [0.5, 0.6) is 11.5 Å². The first-order valence-electron chi connectivity index (χ1n) is 39.1. The number of phenols is 2. The Morgan fingerprint density at radius 2 is 0.818 bits per heavy atom. The molecule has 40 heteroatoms. The molecule has 39 nitrogen and oxygen atoms in total. The third-order valence-corrected chi connectivity index (χ3v) is 19.8. The highest BCUT2D eigenvalue weighted by atomic mass is 32.2. The van der Waals surface area contributed by atoms with E-state index in [0.29, 0.717) is 33.3 Å². The molecule has 0 radical (unpaired) electrons. The molecule has 3 heterocycles. The molecule has 0 saturated carbocycles. The summed E-state index contributed by atoms with van der Waals surface area (Å²) in [4.78, 5) is 216. The number of primary amides is 1. The molecule has 0 spiro atoms. The average Bonchev–Trinajstić information content (AvgIpc) is 1.57. The minimum Gasteiger partial charge on any atom is -0.508 e. The smallest absolute Gasteiger partial charge is 0.326 e. The number of carbonyl (C=O) groups excluding carboxylic acids is 12. The van der Waals surface area contributed by atoms with Gasteiger partial charge in [0.1, 0.15) is 78.0 Å². The summed E-state index contributed by atoms with van der Waals surface area (Å²) in [5.41, 5.74) is 20.0. The Kier molecular flexibility index (Phi) is 37.0. The zero-order chi connectivity index (χ0) is 88.4. The number of carboxylic acid groups (broad SMARTS) is 2. The number of fused-ring (bicyclic) bond motifs is 1. The Labute approximate surface area is 700 Å². The van der Waals surface area contributed by atoms with Crippen molar-refractivity contribution in [2.45, 2.75) is 184 Å². The normalized spacial score (nSPS) is 14.2. The Balaban J connectivity index is 1.15. The lowest BCUT2D eigenvalue weighted by Gasteiger charge is -2.29. The molecule has 121 heavy (non-hydrogen) atoms. The van der Waals surface area contributed by atoms with Crippen LogP contribution in [0.15, 0.2) is 134 Å². The molecule has 26 N–H and O–H groups in total. The van der Waals surface area contributed by atoms with E-state index in [2.05, 4.69) is 88.7 Å². The molecule has 0 bridgehead atoms. The van der Waals surface area contributed by atoms with Crippen LogP contribution in [0, 0.1) is 17.2 Å². The minimum atomic E-state index is -2.06. The van der Waals surface area contributed by atoms with E-state index in [0.717, 1.165) is 0 Å². The number of aromatic amines is 3. The summed E-state index contributed by atoms with van der Waals surface area (Å²) in [5, 5.41) is 80.5. The first-order valence-corrected chi connectivity index (χ1v) is 40.5. The van der Waals surface area contributed by atoms with Gasteiger partial charge in [-0.2, -0.15) is 11.8 Å². The number of nitrogens with two attached hydrogens (primary N) is 3. The Bertz CT molecular complexity index is 4670. The molecule has 0 aliphatic carbocycles. The summed E-state index contributed by atoms with van der Waals surface area (Å²) in [6, 6.07) is 7.68. The van der Waals surface area contributed by atoms with E-state index in [1.54, 1.807) is 94.7 Å². The predicted octanol–water partition coefficient (Wildman–Crippen LogP) is -1.02. The summed E-state index contributed by atoms with van der Waals surface area (Å²) in [7, 11) is 0. The first-order chi connectivity index (χ1) is 57.6. The molecule has 12 amide bonds. The topological polar surface area (TPSA) is 639 Å². The van der Waals surface area contributed by atoms with Gasteiger partial charge in [-0.05, 0) is 109 Å². The largest absolute Gasteiger partial charge is 0.508 e. The Hall–Kier alpha value is -13.4. The quantitative estimate of drug-likeness (QED) is 0.0123. The van der Waals surface area contributed by atoms with Crippen molar-refractivity contribution in [3.8, 4) is 11.5 Å². The zero-order valence-corrected chi connectivity index (χ0v) is 68.2. The number of thioether (sulfide) groups is 1. The van der Waals surface area contributed by atoms with Gasteiger partial charge >= 0.3 is 11.9 Å². The number of carbonyl (C=O) groups is 14. The molecule has 7 rings (SSSR count). The maximum Gasteiger partial charge on any atom is 0.326 e. The molecular formula is C81H107N21O18S. The van der Waals surface area contributed by atoms with E-state index >= 15 is 24.0 Å². The van der Waals surface area contributed by atoms with Crippen molar-refractivity contribution in [2.75, 3.05) is 18.6 Å². The predicted molar refractivity (Wildman–Crippen MR) is 444 cm³/mol. The molecule has 650 valence electrons. The van der Waals surface area contributed by atoms with Gasteiger partial charge < -0.3 is 116 Å². The standard InChI is InChI=1S/C81H107N21O18S/c1-43(2)28-57(71(110)96-59(30-45-12-7-6-8-13-45)73(112)98-61(33-48-38-89-55-15-10-9-14-53(48)55)75(114)102-66(80(119)120)32-47-19-23-52(104)24-20-47)94-70(109)56(16-11-26-88-81(84)85)92-76(115)62(34-49-39-86-41-90-49)100-74(113)60(31-46-17-21-51(103)22-18-46)97-79(118)65(37-68(106)107)101-77(116)63(35-50-40-87-42-91-50)99-72(111)58(29-44(3)4)95-78(117)64(36-67(83)105)93-69(108)54(82)25-27-121-5/h6-10,12-15,17-24,38-44,54,56-66,89,103-104H,11,16,25-37,82H2,1-5H3,(H2,83,105)(H,86,90)(H,87,91)(H,92,115)(H,93,108)(H,94,109)(H,95,117)(H,96,110)(H,97,118)(H,98,112)(H,99,111)(H,100,113)(H,101,116)(H,102,114)(H,106,107)(H,119,120)(H4,84,85,88)/t54-,56-,57-,58-,59-,60-,61-,62-,63-,64-,65-,66-/m0/s1. The molecule has 0 aliphatic heterocycles. The van der Waals surface area contributed by atoms with Gasteiger partial charge in [0.2, 0.25) is 70.9 Å². The van der Waals surface area contributed by atoms with E-state index in [1.165, 1.54) is 85.3 Å². The maximum absolute atomic E-state index is 15.2.